The molecule has 0 heterocycles. The Morgan fingerprint density at radius 2 is 1.65 bits per heavy atom. The molecule has 17 heavy (non-hydrogen) atoms. The Balaban J connectivity index is 3.44. The van der Waals surface area contributed by atoms with Crippen molar-refractivity contribution in [2.75, 3.05) is 19.8 Å². The number of hydrogen-bond acceptors (Lipinski definition) is 3. The molecule has 0 atom stereocenters. The van der Waals surface area contributed by atoms with E-state index in [1.807, 2.05) is 26.8 Å². The summed E-state index contributed by atoms with van der Waals surface area (Å²) in [5.41, 5.74) is 7.02. The standard InChI is InChI=1S/C12H20N2O2S/c1-12(2,3)9-6-10(13)8-11(7-9)17(15,16)14(4)5/h6-8H,13H2,1-5H3. The van der Waals surface area contributed by atoms with Crippen LogP contribution in [-0.2, 0) is 15.4 Å². The third-order valence-electron chi connectivity index (χ3n) is 2.57. The zero-order chi connectivity index (χ0) is 13.4. The molecule has 0 bridgehead atoms. The van der Waals surface area contributed by atoms with Crippen molar-refractivity contribution in [3.63, 3.8) is 0 Å². The second kappa shape index (κ2) is 4.31. The van der Waals surface area contributed by atoms with Gasteiger partial charge in [0.2, 0.25) is 10.0 Å². The van der Waals surface area contributed by atoms with Gasteiger partial charge in [-0.1, -0.05) is 20.8 Å². The average Bonchev–Trinajstić information content (AvgIpc) is 2.15. The van der Waals surface area contributed by atoms with E-state index in [1.165, 1.54) is 24.5 Å². The number of nitrogen functional groups attached to an aromatic ring is 1. The fourth-order valence-electron chi connectivity index (χ4n) is 1.41. The van der Waals surface area contributed by atoms with Gasteiger partial charge in [-0.3, -0.25) is 0 Å². The van der Waals surface area contributed by atoms with E-state index in [9.17, 15) is 8.42 Å². The Kier molecular flexibility index (Phi) is 3.55. The second-order valence-electron chi connectivity index (χ2n) is 5.33. The van der Waals surface area contributed by atoms with E-state index in [-0.39, 0.29) is 10.3 Å². The molecule has 0 aliphatic heterocycles. The van der Waals surface area contributed by atoms with Crippen molar-refractivity contribution < 1.29 is 8.42 Å². The van der Waals surface area contributed by atoms with Crippen LogP contribution in [0.4, 0.5) is 5.69 Å². The van der Waals surface area contributed by atoms with Gasteiger partial charge in [0.05, 0.1) is 4.90 Å². The number of nitrogens with two attached hydrogens (primary N) is 1. The minimum Gasteiger partial charge on any atom is -0.399 e. The maximum atomic E-state index is 12.0. The first-order valence-corrected chi connectivity index (χ1v) is 6.83. The molecule has 1 aromatic carbocycles. The number of rotatable bonds is 2. The zero-order valence-electron chi connectivity index (χ0n) is 11.0. The summed E-state index contributed by atoms with van der Waals surface area (Å²) in [7, 11) is -0.410. The Hall–Kier alpha value is -1.07. The van der Waals surface area contributed by atoms with Gasteiger partial charge in [-0.2, -0.15) is 0 Å². The van der Waals surface area contributed by atoms with E-state index >= 15 is 0 Å². The van der Waals surface area contributed by atoms with Crippen LogP contribution in [0.3, 0.4) is 0 Å². The third-order valence-corrected chi connectivity index (χ3v) is 4.37. The fraction of sp³-hybridized carbons (Fsp3) is 0.500. The van der Waals surface area contributed by atoms with E-state index in [0.717, 1.165) is 5.56 Å². The van der Waals surface area contributed by atoms with Gasteiger partial charge in [-0.25, -0.2) is 12.7 Å². The maximum Gasteiger partial charge on any atom is 0.242 e. The molecule has 0 spiro atoms. The van der Waals surface area contributed by atoms with Crippen LogP contribution >= 0.6 is 0 Å². The minimum atomic E-state index is -3.43. The van der Waals surface area contributed by atoms with Crippen LogP contribution in [0.1, 0.15) is 26.3 Å². The Morgan fingerprint density at radius 1 is 1.12 bits per heavy atom. The van der Waals surface area contributed by atoms with E-state index < -0.39 is 10.0 Å². The molecule has 1 rings (SSSR count). The Labute approximate surface area is 103 Å². The van der Waals surface area contributed by atoms with Crippen LogP contribution in [0.5, 0.6) is 0 Å². The Bertz CT molecular complexity index is 514. The summed E-state index contributed by atoms with van der Waals surface area (Å²) in [6.45, 7) is 6.06. The molecule has 0 amide bonds. The molecular formula is C12H20N2O2S. The van der Waals surface area contributed by atoms with Crippen LogP contribution in [0, 0.1) is 0 Å². The van der Waals surface area contributed by atoms with Crippen LogP contribution in [-0.4, -0.2) is 26.8 Å². The molecule has 0 saturated carbocycles. The molecular weight excluding hydrogens is 236 g/mol. The van der Waals surface area contributed by atoms with Crippen molar-refractivity contribution in [1.82, 2.24) is 4.31 Å². The van der Waals surface area contributed by atoms with Crippen LogP contribution in [0.25, 0.3) is 0 Å². The number of nitrogens with zero attached hydrogens (tertiary/aromatic N) is 1. The summed E-state index contributed by atoms with van der Waals surface area (Å²) < 4.78 is 25.3. The van der Waals surface area contributed by atoms with Gasteiger partial charge in [-0.05, 0) is 29.2 Å². The first-order chi connectivity index (χ1) is 7.55. The Morgan fingerprint density at radius 3 is 2.06 bits per heavy atom. The van der Waals surface area contributed by atoms with Gasteiger partial charge < -0.3 is 5.73 Å². The second-order valence-corrected chi connectivity index (χ2v) is 7.48. The summed E-state index contributed by atoms with van der Waals surface area (Å²) in [5, 5.41) is 0. The van der Waals surface area contributed by atoms with Crippen molar-refractivity contribution in [3.8, 4) is 0 Å². The normalized spacial score (nSPS) is 13.1. The van der Waals surface area contributed by atoms with Gasteiger partial charge in [0.1, 0.15) is 0 Å². The fourth-order valence-corrected chi connectivity index (χ4v) is 2.40. The maximum absolute atomic E-state index is 12.0. The molecule has 0 aliphatic rings. The topological polar surface area (TPSA) is 63.4 Å². The van der Waals surface area contributed by atoms with Crippen LogP contribution < -0.4 is 5.73 Å². The molecule has 96 valence electrons. The molecule has 1 aromatic rings. The van der Waals surface area contributed by atoms with E-state index in [2.05, 4.69) is 0 Å². The minimum absolute atomic E-state index is 0.133. The quantitative estimate of drug-likeness (QED) is 0.821. The summed E-state index contributed by atoms with van der Waals surface area (Å²) in [4.78, 5) is 0.243. The molecule has 5 heteroatoms. The third kappa shape index (κ3) is 2.98. The first-order valence-electron chi connectivity index (χ1n) is 5.39. The van der Waals surface area contributed by atoms with Crippen molar-refractivity contribution in [1.29, 1.82) is 0 Å². The monoisotopic (exact) mass is 256 g/mol. The molecule has 0 unspecified atom stereocenters. The van der Waals surface area contributed by atoms with E-state index in [4.69, 9.17) is 5.73 Å². The lowest BCUT2D eigenvalue weighted by molar-refractivity contribution is 0.520. The van der Waals surface area contributed by atoms with Crippen molar-refractivity contribution in [2.24, 2.45) is 0 Å². The SMILES string of the molecule is CN(C)S(=O)(=O)c1cc(N)cc(C(C)(C)C)c1. The highest BCUT2D eigenvalue weighted by Gasteiger charge is 2.21. The number of benzene rings is 1. The van der Waals surface area contributed by atoms with Gasteiger partial charge in [0.25, 0.3) is 0 Å². The lowest BCUT2D eigenvalue weighted by atomic mass is 9.87. The van der Waals surface area contributed by atoms with Gasteiger partial charge in [0.15, 0.2) is 0 Å². The summed E-state index contributed by atoms with van der Waals surface area (Å²) in [6.07, 6.45) is 0. The van der Waals surface area contributed by atoms with Gasteiger partial charge >= 0.3 is 0 Å². The predicted octanol–water partition coefficient (Wildman–Crippen LogP) is 1.82. The largest absolute Gasteiger partial charge is 0.399 e. The van der Waals surface area contributed by atoms with Crippen LogP contribution in [0.2, 0.25) is 0 Å². The highest BCUT2D eigenvalue weighted by atomic mass is 32.2. The average molecular weight is 256 g/mol. The molecule has 0 radical (unpaired) electrons. The van der Waals surface area contributed by atoms with Crippen molar-refractivity contribution in [3.05, 3.63) is 23.8 Å². The summed E-state index contributed by atoms with van der Waals surface area (Å²) in [5.74, 6) is 0. The number of hydrogen-bond donors (Lipinski definition) is 1. The molecule has 4 nitrogen and oxygen atoms in total. The highest BCUT2D eigenvalue weighted by molar-refractivity contribution is 7.89. The highest BCUT2D eigenvalue weighted by Crippen LogP contribution is 2.28. The molecule has 0 aromatic heterocycles. The molecule has 0 aliphatic carbocycles. The zero-order valence-corrected chi connectivity index (χ0v) is 11.8. The smallest absolute Gasteiger partial charge is 0.242 e. The number of anilines is 1. The first kappa shape index (κ1) is 14.0. The van der Waals surface area contributed by atoms with Gasteiger partial charge in [-0.15, -0.1) is 0 Å². The summed E-state index contributed by atoms with van der Waals surface area (Å²) in [6, 6.07) is 4.99. The molecule has 0 saturated heterocycles. The van der Waals surface area contributed by atoms with E-state index in [1.54, 1.807) is 6.07 Å². The van der Waals surface area contributed by atoms with Crippen LogP contribution in [0.15, 0.2) is 23.1 Å². The van der Waals surface area contributed by atoms with Crippen molar-refractivity contribution in [2.45, 2.75) is 31.1 Å². The number of sulfonamides is 1. The van der Waals surface area contributed by atoms with Gasteiger partial charge in [0, 0.05) is 19.8 Å². The lowest BCUT2D eigenvalue weighted by Gasteiger charge is -2.21. The predicted molar refractivity (Wildman–Crippen MR) is 70.4 cm³/mol. The summed E-state index contributed by atoms with van der Waals surface area (Å²) >= 11 is 0. The van der Waals surface area contributed by atoms with Crippen molar-refractivity contribution >= 4 is 15.7 Å². The molecule has 0 fully saturated rings. The lowest BCUT2D eigenvalue weighted by Crippen LogP contribution is -2.23. The molecule has 2 N–H and O–H groups in total. The van der Waals surface area contributed by atoms with E-state index in [0.29, 0.717) is 5.69 Å².